The minimum Gasteiger partial charge on any atom is -0.497 e. The van der Waals surface area contributed by atoms with Crippen LogP contribution in [-0.4, -0.2) is 30.9 Å². The Bertz CT molecular complexity index is 922. The average Bonchev–Trinajstić information content (AvgIpc) is 2.83. The van der Waals surface area contributed by atoms with E-state index in [9.17, 15) is 14.4 Å². The molecule has 0 aromatic heterocycles. The van der Waals surface area contributed by atoms with Gasteiger partial charge in [-0.2, -0.15) is 0 Å². The third kappa shape index (κ3) is 6.47. The number of ether oxygens (including phenoxy) is 2. The highest BCUT2D eigenvalue weighted by Crippen LogP contribution is 2.25. The molecule has 170 valence electrons. The molecule has 0 saturated heterocycles. The number of amides is 3. The minimum absolute atomic E-state index is 0.0278. The van der Waals surface area contributed by atoms with Crippen LogP contribution in [0, 0.1) is 5.92 Å². The molecular formula is C24H29N3O5. The van der Waals surface area contributed by atoms with Gasteiger partial charge in [-0.15, -0.1) is 0 Å². The van der Waals surface area contributed by atoms with E-state index in [2.05, 4.69) is 16.2 Å². The van der Waals surface area contributed by atoms with Crippen LogP contribution in [0.5, 0.6) is 11.5 Å². The molecule has 3 rings (SSSR count). The molecule has 8 heteroatoms. The van der Waals surface area contributed by atoms with Crippen LogP contribution < -0.4 is 25.6 Å². The number of rotatable bonds is 7. The molecule has 1 fully saturated rings. The van der Waals surface area contributed by atoms with E-state index in [0.29, 0.717) is 22.7 Å². The molecule has 1 aliphatic carbocycles. The van der Waals surface area contributed by atoms with Gasteiger partial charge in [0.25, 0.3) is 11.8 Å². The molecular weight excluding hydrogens is 410 g/mol. The van der Waals surface area contributed by atoms with Crippen LogP contribution >= 0.6 is 0 Å². The molecule has 8 nitrogen and oxygen atoms in total. The summed E-state index contributed by atoms with van der Waals surface area (Å²) in [6.45, 7) is 1.58. The van der Waals surface area contributed by atoms with Crippen molar-refractivity contribution in [1.29, 1.82) is 0 Å². The lowest BCUT2D eigenvalue weighted by molar-refractivity contribution is -0.128. The molecule has 2 aromatic carbocycles. The van der Waals surface area contributed by atoms with Crippen molar-refractivity contribution >= 4 is 23.4 Å². The molecule has 3 N–H and O–H groups in total. The molecule has 0 spiro atoms. The third-order valence-corrected chi connectivity index (χ3v) is 5.43. The van der Waals surface area contributed by atoms with Gasteiger partial charge in [-0.25, -0.2) is 0 Å². The van der Waals surface area contributed by atoms with Crippen molar-refractivity contribution in [2.24, 2.45) is 5.92 Å². The highest BCUT2D eigenvalue weighted by molar-refractivity contribution is 5.97. The lowest BCUT2D eigenvalue weighted by atomic mass is 9.88. The second-order valence-corrected chi connectivity index (χ2v) is 7.78. The molecule has 0 aliphatic heterocycles. The average molecular weight is 440 g/mol. The molecule has 1 unspecified atom stereocenters. The van der Waals surface area contributed by atoms with Crippen molar-refractivity contribution in [2.75, 3.05) is 12.4 Å². The molecule has 2 aromatic rings. The Labute approximate surface area is 187 Å². The first kappa shape index (κ1) is 23.1. The Hall–Kier alpha value is -3.55. The van der Waals surface area contributed by atoms with Gasteiger partial charge in [0.05, 0.1) is 7.11 Å². The van der Waals surface area contributed by atoms with Gasteiger partial charge in [0, 0.05) is 17.2 Å². The van der Waals surface area contributed by atoms with Gasteiger partial charge in [0.15, 0.2) is 6.10 Å². The van der Waals surface area contributed by atoms with E-state index >= 15 is 0 Å². The van der Waals surface area contributed by atoms with E-state index in [1.54, 1.807) is 62.6 Å². The summed E-state index contributed by atoms with van der Waals surface area (Å²) < 4.78 is 10.6. The van der Waals surface area contributed by atoms with Crippen molar-refractivity contribution in [1.82, 2.24) is 10.9 Å². The number of hydrazine groups is 1. The SMILES string of the molecule is COc1ccc(OC(C)C(=O)NNC(=O)c2ccc(NC(=O)C3CCCCC3)cc2)cc1. The van der Waals surface area contributed by atoms with Crippen molar-refractivity contribution in [3.63, 3.8) is 0 Å². The van der Waals surface area contributed by atoms with Gasteiger partial charge in [-0.3, -0.25) is 25.2 Å². The summed E-state index contributed by atoms with van der Waals surface area (Å²) in [5.41, 5.74) is 5.72. The van der Waals surface area contributed by atoms with E-state index in [0.717, 1.165) is 25.7 Å². The Balaban J connectivity index is 1.45. The Morgan fingerprint density at radius 1 is 0.875 bits per heavy atom. The normalized spacial score (nSPS) is 14.7. The zero-order valence-corrected chi connectivity index (χ0v) is 18.4. The van der Waals surface area contributed by atoms with Crippen LogP contribution in [-0.2, 0) is 9.59 Å². The predicted molar refractivity (Wildman–Crippen MR) is 120 cm³/mol. The predicted octanol–water partition coefficient (Wildman–Crippen LogP) is 3.44. The molecule has 3 amide bonds. The van der Waals surface area contributed by atoms with Gasteiger partial charge < -0.3 is 14.8 Å². The second kappa shape index (κ2) is 11.2. The highest BCUT2D eigenvalue weighted by Gasteiger charge is 2.21. The largest absolute Gasteiger partial charge is 0.497 e. The van der Waals surface area contributed by atoms with Crippen LogP contribution in [0.1, 0.15) is 49.4 Å². The van der Waals surface area contributed by atoms with Crippen LogP contribution in [0.25, 0.3) is 0 Å². The molecule has 0 bridgehead atoms. The fourth-order valence-electron chi connectivity index (χ4n) is 3.52. The lowest BCUT2D eigenvalue weighted by Crippen LogP contribution is -2.47. The molecule has 32 heavy (non-hydrogen) atoms. The molecule has 0 heterocycles. The molecule has 0 radical (unpaired) electrons. The number of carbonyl (C=O) groups excluding carboxylic acids is 3. The quantitative estimate of drug-likeness (QED) is 0.573. The van der Waals surface area contributed by atoms with Crippen LogP contribution in [0.15, 0.2) is 48.5 Å². The van der Waals surface area contributed by atoms with Gasteiger partial charge in [0.1, 0.15) is 11.5 Å². The minimum atomic E-state index is -0.818. The number of hydrogen-bond donors (Lipinski definition) is 3. The zero-order chi connectivity index (χ0) is 22.9. The summed E-state index contributed by atoms with van der Waals surface area (Å²) in [6.07, 6.45) is 4.40. The first-order chi connectivity index (χ1) is 15.5. The number of carbonyl (C=O) groups is 3. The summed E-state index contributed by atoms with van der Waals surface area (Å²) in [5, 5.41) is 2.91. The van der Waals surface area contributed by atoms with E-state index in [1.807, 2.05) is 0 Å². The maximum absolute atomic E-state index is 12.3. The monoisotopic (exact) mass is 439 g/mol. The van der Waals surface area contributed by atoms with Crippen molar-refractivity contribution in [3.05, 3.63) is 54.1 Å². The maximum Gasteiger partial charge on any atom is 0.279 e. The van der Waals surface area contributed by atoms with E-state index < -0.39 is 17.9 Å². The zero-order valence-electron chi connectivity index (χ0n) is 18.4. The van der Waals surface area contributed by atoms with Gasteiger partial charge in [-0.05, 0) is 68.3 Å². The molecule has 1 saturated carbocycles. The Kier molecular flexibility index (Phi) is 8.08. The van der Waals surface area contributed by atoms with Crippen LogP contribution in [0.4, 0.5) is 5.69 Å². The number of hydrogen-bond acceptors (Lipinski definition) is 5. The van der Waals surface area contributed by atoms with Crippen molar-refractivity contribution in [3.8, 4) is 11.5 Å². The summed E-state index contributed by atoms with van der Waals surface area (Å²) in [4.78, 5) is 36.9. The number of nitrogens with one attached hydrogen (secondary N) is 3. The smallest absolute Gasteiger partial charge is 0.279 e. The third-order valence-electron chi connectivity index (χ3n) is 5.43. The fourth-order valence-corrected chi connectivity index (χ4v) is 3.52. The summed E-state index contributed by atoms with van der Waals surface area (Å²) in [5.74, 6) is 0.307. The van der Waals surface area contributed by atoms with Crippen LogP contribution in [0.2, 0.25) is 0 Å². The summed E-state index contributed by atoms with van der Waals surface area (Å²) >= 11 is 0. The maximum atomic E-state index is 12.3. The molecule has 1 atom stereocenters. The van der Waals surface area contributed by atoms with Gasteiger partial charge in [0.2, 0.25) is 5.91 Å². The summed E-state index contributed by atoms with van der Waals surface area (Å²) in [7, 11) is 1.57. The van der Waals surface area contributed by atoms with Gasteiger partial charge >= 0.3 is 0 Å². The van der Waals surface area contributed by atoms with Crippen molar-refractivity contribution in [2.45, 2.75) is 45.1 Å². The standard InChI is InChI=1S/C24H29N3O5/c1-16(32-21-14-12-20(31-2)13-15-21)22(28)26-27-24(30)18-8-10-19(11-9-18)25-23(29)17-6-4-3-5-7-17/h8-17H,3-7H2,1-2H3,(H,25,29)(H,26,28)(H,27,30). The van der Waals surface area contributed by atoms with E-state index in [1.165, 1.54) is 6.42 Å². The van der Waals surface area contributed by atoms with E-state index in [-0.39, 0.29) is 11.8 Å². The van der Waals surface area contributed by atoms with Crippen LogP contribution in [0.3, 0.4) is 0 Å². The Morgan fingerprint density at radius 3 is 2.12 bits per heavy atom. The summed E-state index contributed by atoms with van der Waals surface area (Å²) in [6, 6.07) is 13.4. The fraction of sp³-hybridized carbons (Fsp3) is 0.375. The number of anilines is 1. The number of methoxy groups -OCH3 is 1. The van der Waals surface area contributed by atoms with Crippen molar-refractivity contribution < 1.29 is 23.9 Å². The lowest BCUT2D eigenvalue weighted by Gasteiger charge is -2.20. The highest BCUT2D eigenvalue weighted by atomic mass is 16.5. The van der Waals surface area contributed by atoms with Gasteiger partial charge in [-0.1, -0.05) is 19.3 Å². The second-order valence-electron chi connectivity index (χ2n) is 7.78. The first-order valence-electron chi connectivity index (χ1n) is 10.8. The molecule has 1 aliphatic rings. The first-order valence-corrected chi connectivity index (χ1v) is 10.8. The Morgan fingerprint density at radius 2 is 1.50 bits per heavy atom. The van der Waals surface area contributed by atoms with E-state index in [4.69, 9.17) is 9.47 Å². The topological polar surface area (TPSA) is 106 Å². The number of benzene rings is 2.